The van der Waals surface area contributed by atoms with Crippen molar-refractivity contribution < 1.29 is 27.4 Å². The third kappa shape index (κ3) is 5.34. The van der Waals surface area contributed by atoms with Gasteiger partial charge in [0.05, 0.1) is 0 Å². The molecule has 1 aromatic rings. The molecule has 0 aliphatic rings. The average molecular weight is 295 g/mol. The van der Waals surface area contributed by atoms with Gasteiger partial charge in [0.25, 0.3) is 0 Å². The van der Waals surface area contributed by atoms with Gasteiger partial charge in [0.15, 0.2) is 17.7 Å². The molecule has 1 unspecified atom stereocenters. The van der Waals surface area contributed by atoms with Crippen molar-refractivity contribution in [3.05, 3.63) is 29.6 Å². The van der Waals surface area contributed by atoms with E-state index in [0.717, 1.165) is 13.0 Å². The zero-order chi connectivity index (χ0) is 15.2. The van der Waals surface area contributed by atoms with Crippen LogP contribution in [0, 0.1) is 5.82 Å². The van der Waals surface area contributed by atoms with Gasteiger partial charge in [-0.05, 0) is 30.7 Å². The number of hydrogen-bond acceptors (Lipinski definition) is 3. The Morgan fingerprint density at radius 1 is 1.35 bits per heavy atom. The Kier molecular flexibility index (Phi) is 6.22. The summed E-state index contributed by atoms with van der Waals surface area (Å²) in [5.41, 5.74) is 0.666. The van der Waals surface area contributed by atoms with E-state index in [1.165, 1.54) is 12.1 Å². The van der Waals surface area contributed by atoms with E-state index in [0.29, 0.717) is 12.1 Å². The van der Waals surface area contributed by atoms with Gasteiger partial charge in [-0.15, -0.1) is 0 Å². The Hall–Kier alpha value is -1.34. The van der Waals surface area contributed by atoms with Crippen LogP contribution in [0.4, 0.5) is 17.6 Å². The van der Waals surface area contributed by atoms with Gasteiger partial charge in [-0.1, -0.05) is 13.0 Å². The molecule has 0 saturated carbocycles. The molecule has 20 heavy (non-hydrogen) atoms. The predicted octanol–water partition coefficient (Wildman–Crippen LogP) is 2.63. The summed E-state index contributed by atoms with van der Waals surface area (Å²) in [6.45, 7) is 2.22. The van der Waals surface area contributed by atoms with Crippen LogP contribution in [-0.4, -0.2) is 30.5 Å². The lowest BCUT2D eigenvalue weighted by Gasteiger charge is -2.15. The van der Waals surface area contributed by atoms with E-state index in [1.807, 2.05) is 6.92 Å². The quantitative estimate of drug-likeness (QED) is 0.600. The van der Waals surface area contributed by atoms with Gasteiger partial charge in [-0.2, -0.15) is 13.2 Å². The van der Waals surface area contributed by atoms with Crippen LogP contribution in [0.2, 0.25) is 0 Å². The van der Waals surface area contributed by atoms with Crippen molar-refractivity contribution >= 4 is 0 Å². The fourth-order valence-electron chi connectivity index (χ4n) is 1.44. The van der Waals surface area contributed by atoms with E-state index in [4.69, 9.17) is 5.11 Å². The number of halogens is 4. The Bertz CT molecular complexity index is 423. The monoisotopic (exact) mass is 295 g/mol. The number of ether oxygens (including phenoxy) is 1. The molecular weight excluding hydrogens is 278 g/mol. The van der Waals surface area contributed by atoms with Crippen LogP contribution in [0.15, 0.2) is 18.2 Å². The summed E-state index contributed by atoms with van der Waals surface area (Å²) < 4.78 is 54.4. The number of alkyl halides is 3. The van der Waals surface area contributed by atoms with Gasteiger partial charge in [-0.3, -0.25) is 0 Å². The molecule has 1 aromatic carbocycles. The molecule has 0 aromatic heterocycles. The first kappa shape index (κ1) is 16.7. The summed E-state index contributed by atoms with van der Waals surface area (Å²) >= 11 is 0. The first-order valence-corrected chi connectivity index (χ1v) is 6.21. The standard InChI is InChI=1S/C13H17F4NO2/c1-2-5-18-7-9-3-4-11(10(14)6-9)20-8-12(19)13(15,16)17/h3-4,6,12,18-19H,2,5,7-8H2,1H3. The van der Waals surface area contributed by atoms with Crippen molar-refractivity contribution in [2.75, 3.05) is 13.2 Å². The summed E-state index contributed by atoms with van der Waals surface area (Å²) in [5, 5.41) is 11.8. The van der Waals surface area contributed by atoms with Crippen LogP contribution in [-0.2, 0) is 6.54 Å². The van der Waals surface area contributed by atoms with E-state index >= 15 is 0 Å². The zero-order valence-corrected chi connectivity index (χ0v) is 11.0. The Balaban J connectivity index is 2.55. The molecule has 0 aliphatic heterocycles. The van der Waals surface area contributed by atoms with Crippen molar-refractivity contribution in [2.45, 2.75) is 32.2 Å². The van der Waals surface area contributed by atoms with E-state index in [2.05, 4.69) is 10.1 Å². The topological polar surface area (TPSA) is 41.5 Å². The second-order valence-corrected chi connectivity index (χ2v) is 4.31. The SMILES string of the molecule is CCCNCc1ccc(OCC(O)C(F)(F)F)c(F)c1. The van der Waals surface area contributed by atoms with E-state index in [9.17, 15) is 17.6 Å². The summed E-state index contributed by atoms with van der Waals surface area (Å²) in [5.74, 6) is -1.07. The first-order chi connectivity index (χ1) is 9.34. The second kappa shape index (κ2) is 7.44. The van der Waals surface area contributed by atoms with E-state index < -0.39 is 24.7 Å². The molecule has 0 spiro atoms. The van der Waals surface area contributed by atoms with E-state index in [-0.39, 0.29) is 5.75 Å². The molecule has 0 bridgehead atoms. The Labute approximate surface area is 114 Å². The van der Waals surface area contributed by atoms with E-state index in [1.54, 1.807) is 6.07 Å². The molecule has 3 nitrogen and oxygen atoms in total. The Morgan fingerprint density at radius 2 is 2.05 bits per heavy atom. The number of aliphatic hydroxyl groups excluding tert-OH is 1. The van der Waals surface area contributed by atoms with Gasteiger partial charge >= 0.3 is 6.18 Å². The van der Waals surface area contributed by atoms with Crippen LogP contribution >= 0.6 is 0 Å². The molecule has 2 N–H and O–H groups in total. The highest BCUT2D eigenvalue weighted by atomic mass is 19.4. The molecule has 114 valence electrons. The van der Waals surface area contributed by atoms with Crippen molar-refractivity contribution in [1.29, 1.82) is 0 Å². The largest absolute Gasteiger partial charge is 0.487 e. The van der Waals surface area contributed by atoms with Crippen LogP contribution in [0.1, 0.15) is 18.9 Å². The maximum absolute atomic E-state index is 13.6. The molecule has 1 rings (SSSR count). The number of nitrogens with one attached hydrogen (secondary N) is 1. The van der Waals surface area contributed by atoms with Crippen LogP contribution in [0.5, 0.6) is 5.75 Å². The van der Waals surface area contributed by atoms with Gasteiger partial charge in [-0.25, -0.2) is 4.39 Å². The fraction of sp³-hybridized carbons (Fsp3) is 0.538. The van der Waals surface area contributed by atoms with Gasteiger partial charge in [0.2, 0.25) is 0 Å². The molecule has 0 radical (unpaired) electrons. The zero-order valence-electron chi connectivity index (χ0n) is 11.0. The van der Waals surface area contributed by atoms with Crippen molar-refractivity contribution in [1.82, 2.24) is 5.32 Å². The lowest BCUT2D eigenvalue weighted by molar-refractivity contribution is -0.210. The van der Waals surface area contributed by atoms with Gasteiger partial charge in [0, 0.05) is 6.54 Å². The molecule has 0 saturated heterocycles. The van der Waals surface area contributed by atoms with Crippen LogP contribution < -0.4 is 10.1 Å². The minimum absolute atomic E-state index is 0.312. The molecule has 0 heterocycles. The summed E-state index contributed by atoms with van der Waals surface area (Å²) in [4.78, 5) is 0. The van der Waals surface area contributed by atoms with Crippen LogP contribution in [0.3, 0.4) is 0 Å². The summed E-state index contributed by atoms with van der Waals surface area (Å²) in [7, 11) is 0. The lowest BCUT2D eigenvalue weighted by atomic mass is 10.2. The lowest BCUT2D eigenvalue weighted by Crippen LogP contribution is -2.34. The number of benzene rings is 1. The average Bonchev–Trinajstić information content (AvgIpc) is 2.36. The minimum atomic E-state index is -4.78. The molecule has 0 aliphatic carbocycles. The molecule has 1 atom stereocenters. The smallest absolute Gasteiger partial charge is 0.417 e. The first-order valence-electron chi connectivity index (χ1n) is 6.21. The highest BCUT2D eigenvalue weighted by molar-refractivity contribution is 5.29. The second-order valence-electron chi connectivity index (χ2n) is 4.31. The van der Waals surface area contributed by atoms with Crippen molar-refractivity contribution in [3.63, 3.8) is 0 Å². The molecule has 0 fully saturated rings. The highest BCUT2D eigenvalue weighted by Gasteiger charge is 2.38. The fourth-order valence-corrected chi connectivity index (χ4v) is 1.44. The minimum Gasteiger partial charge on any atom is -0.487 e. The summed E-state index contributed by atoms with van der Waals surface area (Å²) in [6.07, 6.45) is -6.47. The van der Waals surface area contributed by atoms with Crippen LogP contribution in [0.25, 0.3) is 0 Å². The normalized spacial score (nSPS) is 13.3. The van der Waals surface area contributed by atoms with Gasteiger partial charge in [0.1, 0.15) is 6.61 Å². The predicted molar refractivity (Wildman–Crippen MR) is 66.0 cm³/mol. The Morgan fingerprint density at radius 3 is 2.60 bits per heavy atom. The molecule has 0 amide bonds. The highest BCUT2D eigenvalue weighted by Crippen LogP contribution is 2.23. The third-order valence-electron chi connectivity index (χ3n) is 2.53. The maximum atomic E-state index is 13.6. The number of rotatable bonds is 7. The summed E-state index contributed by atoms with van der Waals surface area (Å²) in [6, 6.07) is 4.00. The number of aliphatic hydroxyl groups is 1. The molecule has 7 heteroatoms. The maximum Gasteiger partial charge on any atom is 0.417 e. The molecular formula is C13H17F4NO2. The van der Waals surface area contributed by atoms with Gasteiger partial charge < -0.3 is 15.2 Å². The van der Waals surface area contributed by atoms with Crippen molar-refractivity contribution in [2.24, 2.45) is 0 Å². The van der Waals surface area contributed by atoms with Crippen molar-refractivity contribution in [3.8, 4) is 5.75 Å². The number of hydrogen-bond donors (Lipinski definition) is 2. The third-order valence-corrected chi connectivity index (χ3v) is 2.53.